The van der Waals surface area contributed by atoms with Crippen LogP contribution < -0.4 is 10.1 Å². The Morgan fingerprint density at radius 1 is 1.29 bits per heavy atom. The normalized spacial score (nSPS) is 12.3. The maximum absolute atomic E-state index is 5.96. The van der Waals surface area contributed by atoms with Crippen LogP contribution >= 0.6 is 0 Å². The fourth-order valence-corrected chi connectivity index (χ4v) is 2.29. The van der Waals surface area contributed by atoms with E-state index >= 15 is 0 Å². The summed E-state index contributed by atoms with van der Waals surface area (Å²) < 4.78 is 7.69. The number of nitrogens with one attached hydrogen (secondary N) is 1. The summed E-state index contributed by atoms with van der Waals surface area (Å²) >= 11 is 0. The van der Waals surface area contributed by atoms with Gasteiger partial charge in [-0.05, 0) is 25.5 Å². The van der Waals surface area contributed by atoms with Crippen molar-refractivity contribution in [3.63, 3.8) is 0 Å². The highest BCUT2D eigenvalue weighted by Crippen LogP contribution is 2.27. The van der Waals surface area contributed by atoms with Crippen LogP contribution in [0.4, 0.5) is 0 Å². The van der Waals surface area contributed by atoms with Crippen molar-refractivity contribution in [1.82, 2.24) is 20.1 Å². The summed E-state index contributed by atoms with van der Waals surface area (Å²) in [5.74, 6) is 1.73. The Kier molecular flexibility index (Phi) is 5.75. The van der Waals surface area contributed by atoms with Crippen LogP contribution in [-0.4, -0.2) is 21.3 Å². The Morgan fingerprint density at radius 2 is 2.10 bits per heavy atom. The molecule has 0 aliphatic rings. The van der Waals surface area contributed by atoms with Crippen LogP contribution in [-0.2, 0) is 13.7 Å². The minimum atomic E-state index is 0.320. The fraction of sp³-hybridized carbons (Fsp3) is 0.500. The number of rotatable bonds is 8. The van der Waals surface area contributed by atoms with E-state index in [2.05, 4.69) is 41.4 Å². The summed E-state index contributed by atoms with van der Waals surface area (Å²) in [6, 6.07) is 8.52. The molecule has 1 atom stereocenters. The molecule has 21 heavy (non-hydrogen) atoms. The Morgan fingerprint density at radius 3 is 2.76 bits per heavy atom. The molecule has 1 N–H and O–H groups in total. The minimum absolute atomic E-state index is 0.320. The summed E-state index contributed by atoms with van der Waals surface area (Å²) in [5.41, 5.74) is 1.20. The maximum Gasteiger partial charge on any atom is 0.164 e. The van der Waals surface area contributed by atoms with Crippen molar-refractivity contribution in [2.45, 2.75) is 39.3 Å². The molecule has 0 amide bonds. The first kappa shape index (κ1) is 15.5. The molecule has 0 bridgehead atoms. The second-order valence-electron chi connectivity index (χ2n) is 5.04. The molecule has 0 spiro atoms. The summed E-state index contributed by atoms with van der Waals surface area (Å²) in [6.07, 6.45) is 3.70. The lowest BCUT2D eigenvalue weighted by Crippen LogP contribution is -2.22. The largest absolute Gasteiger partial charge is 0.485 e. The Bertz CT molecular complexity index is 553. The van der Waals surface area contributed by atoms with Crippen LogP contribution in [0.1, 0.15) is 44.1 Å². The summed E-state index contributed by atoms with van der Waals surface area (Å²) in [7, 11) is 1.87. The van der Waals surface area contributed by atoms with E-state index in [4.69, 9.17) is 4.74 Å². The van der Waals surface area contributed by atoms with Gasteiger partial charge in [0.1, 0.15) is 18.7 Å². The zero-order valence-corrected chi connectivity index (χ0v) is 13.0. The van der Waals surface area contributed by atoms with Gasteiger partial charge < -0.3 is 10.1 Å². The molecule has 2 aromatic rings. The van der Waals surface area contributed by atoms with Gasteiger partial charge in [0.05, 0.1) is 0 Å². The van der Waals surface area contributed by atoms with Crippen molar-refractivity contribution >= 4 is 0 Å². The number of hydrogen-bond donors (Lipinski definition) is 1. The number of aryl methyl sites for hydroxylation is 1. The van der Waals surface area contributed by atoms with E-state index in [1.807, 2.05) is 19.2 Å². The zero-order chi connectivity index (χ0) is 15.1. The van der Waals surface area contributed by atoms with E-state index in [0.29, 0.717) is 12.6 Å². The monoisotopic (exact) mass is 288 g/mol. The summed E-state index contributed by atoms with van der Waals surface area (Å²) in [5, 5.41) is 7.62. The quantitative estimate of drug-likeness (QED) is 0.811. The fourth-order valence-electron chi connectivity index (χ4n) is 2.29. The molecule has 0 saturated heterocycles. The first-order valence-corrected chi connectivity index (χ1v) is 7.54. The van der Waals surface area contributed by atoms with Gasteiger partial charge >= 0.3 is 0 Å². The molecule has 1 aromatic carbocycles. The molecule has 1 unspecified atom stereocenters. The van der Waals surface area contributed by atoms with Crippen LogP contribution in [0.15, 0.2) is 30.6 Å². The minimum Gasteiger partial charge on any atom is -0.485 e. The van der Waals surface area contributed by atoms with Gasteiger partial charge in [-0.15, -0.1) is 0 Å². The Hall–Kier alpha value is -1.88. The van der Waals surface area contributed by atoms with E-state index < -0.39 is 0 Å². The topological polar surface area (TPSA) is 52.0 Å². The van der Waals surface area contributed by atoms with Crippen molar-refractivity contribution in [2.24, 2.45) is 7.05 Å². The van der Waals surface area contributed by atoms with Gasteiger partial charge in [-0.25, -0.2) is 4.98 Å². The molecule has 0 radical (unpaired) electrons. The van der Waals surface area contributed by atoms with Gasteiger partial charge in [-0.2, -0.15) is 5.10 Å². The maximum atomic E-state index is 5.96. The van der Waals surface area contributed by atoms with E-state index in [-0.39, 0.29) is 0 Å². The van der Waals surface area contributed by atoms with Crippen molar-refractivity contribution < 1.29 is 4.74 Å². The van der Waals surface area contributed by atoms with Gasteiger partial charge in [0.2, 0.25) is 0 Å². The summed E-state index contributed by atoms with van der Waals surface area (Å²) in [6.45, 7) is 5.80. The van der Waals surface area contributed by atoms with Crippen molar-refractivity contribution in [1.29, 1.82) is 0 Å². The average Bonchev–Trinajstić information content (AvgIpc) is 2.92. The third kappa shape index (κ3) is 4.04. The second kappa shape index (κ2) is 7.78. The predicted octanol–water partition coefficient (Wildman–Crippen LogP) is 2.84. The number of nitrogens with zero attached hydrogens (tertiary/aromatic N) is 3. The molecule has 114 valence electrons. The molecular formula is C16H24N4O. The highest BCUT2D eigenvalue weighted by Gasteiger charge is 2.14. The number of benzene rings is 1. The van der Waals surface area contributed by atoms with Crippen LogP contribution in [0.5, 0.6) is 5.75 Å². The average molecular weight is 288 g/mol. The smallest absolute Gasteiger partial charge is 0.164 e. The van der Waals surface area contributed by atoms with E-state index in [0.717, 1.165) is 31.0 Å². The van der Waals surface area contributed by atoms with Crippen LogP contribution in [0.3, 0.4) is 0 Å². The van der Waals surface area contributed by atoms with Crippen molar-refractivity contribution in [3.8, 4) is 5.75 Å². The standard InChI is InChI=1S/C16H24N4O/c1-4-10-17-14(5-2)13-8-6-7-9-15(13)21-11-16-18-12-19-20(16)3/h6-9,12,14,17H,4-5,10-11H2,1-3H3. The van der Waals surface area contributed by atoms with Crippen LogP contribution in [0, 0.1) is 0 Å². The molecule has 0 saturated carbocycles. The van der Waals surface area contributed by atoms with Gasteiger partial charge in [-0.3, -0.25) is 4.68 Å². The molecule has 1 heterocycles. The third-order valence-corrected chi connectivity index (χ3v) is 3.51. The number of hydrogen-bond acceptors (Lipinski definition) is 4. The molecule has 0 aliphatic carbocycles. The zero-order valence-electron chi connectivity index (χ0n) is 13.0. The first-order chi connectivity index (χ1) is 10.3. The van der Waals surface area contributed by atoms with E-state index in [1.165, 1.54) is 5.56 Å². The molecule has 5 nitrogen and oxygen atoms in total. The van der Waals surface area contributed by atoms with Gasteiger partial charge in [-0.1, -0.05) is 32.0 Å². The van der Waals surface area contributed by atoms with E-state index in [9.17, 15) is 0 Å². The lowest BCUT2D eigenvalue weighted by Gasteiger charge is -2.20. The third-order valence-electron chi connectivity index (χ3n) is 3.51. The van der Waals surface area contributed by atoms with Gasteiger partial charge in [0.25, 0.3) is 0 Å². The second-order valence-corrected chi connectivity index (χ2v) is 5.04. The molecular weight excluding hydrogens is 264 g/mol. The van der Waals surface area contributed by atoms with E-state index in [1.54, 1.807) is 11.0 Å². The summed E-state index contributed by atoms with van der Waals surface area (Å²) in [4.78, 5) is 4.19. The first-order valence-electron chi connectivity index (χ1n) is 7.54. The van der Waals surface area contributed by atoms with Crippen molar-refractivity contribution in [2.75, 3.05) is 6.54 Å². The van der Waals surface area contributed by atoms with Crippen LogP contribution in [0.25, 0.3) is 0 Å². The van der Waals surface area contributed by atoms with Crippen molar-refractivity contribution in [3.05, 3.63) is 42.0 Å². The molecule has 5 heteroatoms. The molecule has 1 aromatic heterocycles. The number of ether oxygens (including phenoxy) is 1. The van der Waals surface area contributed by atoms with Gasteiger partial charge in [0.15, 0.2) is 5.82 Å². The van der Waals surface area contributed by atoms with Crippen LogP contribution in [0.2, 0.25) is 0 Å². The predicted molar refractivity (Wildman–Crippen MR) is 83.1 cm³/mol. The molecule has 0 aliphatic heterocycles. The highest BCUT2D eigenvalue weighted by atomic mass is 16.5. The Balaban J connectivity index is 2.10. The number of aromatic nitrogens is 3. The van der Waals surface area contributed by atoms with Gasteiger partial charge in [0, 0.05) is 18.7 Å². The molecule has 0 fully saturated rings. The highest BCUT2D eigenvalue weighted by molar-refractivity contribution is 5.36. The molecule has 2 rings (SSSR count). The Labute approximate surface area is 126 Å². The lowest BCUT2D eigenvalue weighted by molar-refractivity contribution is 0.283. The SMILES string of the molecule is CCCNC(CC)c1ccccc1OCc1ncnn1C. The lowest BCUT2D eigenvalue weighted by atomic mass is 10.0. The number of para-hydroxylation sites is 1.